The molecule has 2 rings (SSSR count). The van der Waals surface area contributed by atoms with Crippen molar-refractivity contribution in [2.24, 2.45) is 5.92 Å². The molecule has 2 atom stereocenters. The van der Waals surface area contributed by atoms with Crippen molar-refractivity contribution in [2.75, 3.05) is 27.2 Å². The number of benzene rings is 1. The van der Waals surface area contributed by atoms with Gasteiger partial charge in [0, 0.05) is 31.2 Å². The smallest absolute Gasteiger partial charge is 0.423 e. The first-order valence-electron chi connectivity index (χ1n) is 6.91. The Balaban J connectivity index is 2.04. The zero-order chi connectivity index (χ0) is 14.9. The third-order valence-corrected chi connectivity index (χ3v) is 4.08. The molecule has 0 bridgehead atoms. The SMILES string of the molecule is CC1CN(Cc2ccc(B(O)O)cc2F)CC1N(C)C. The highest BCUT2D eigenvalue weighted by Gasteiger charge is 2.31. The van der Waals surface area contributed by atoms with Gasteiger partial charge >= 0.3 is 7.12 Å². The fourth-order valence-corrected chi connectivity index (χ4v) is 2.94. The molecule has 20 heavy (non-hydrogen) atoms. The number of nitrogens with zero attached hydrogens (tertiary/aromatic N) is 2. The van der Waals surface area contributed by atoms with E-state index in [9.17, 15) is 4.39 Å². The molecule has 0 radical (unpaired) electrons. The molecule has 1 aromatic carbocycles. The quantitative estimate of drug-likeness (QED) is 0.755. The van der Waals surface area contributed by atoms with Gasteiger partial charge in [-0.05, 0) is 31.5 Å². The molecule has 0 amide bonds. The molecule has 1 aliphatic heterocycles. The second kappa shape index (κ2) is 6.22. The fourth-order valence-electron chi connectivity index (χ4n) is 2.94. The Morgan fingerprint density at radius 2 is 2.05 bits per heavy atom. The molecule has 0 spiro atoms. The van der Waals surface area contributed by atoms with Gasteiger partial charge in [-0.3, -0.25) is 4.90 Å². The zero-order valence-corrected chi connectivity index (χ0v) is 12.3. The molecule has 1 heterocycles. The van der Waals surface area contributed by atoms with Crippen molar-refractivity contribution in [3.63, 3.8) is 0 Å². The van der Waals surface area contributed by atoms with E-state index < -0.39 is 7.12 Å². The van der Waals surface area contributed by atoms with Gasteiger partial charge in [-0.2, -0.15) is 0 Å². The normalized spacial score (nSPS) is 23.6. The van der Waals surface area contributed by atoms with E-state index >= 15 is 0 Å². The maximum absolute atomic E-state index is 14.0. The van der Waals surface area contributed by atoms with Crippen LogP contribution in [-0.4, -0.2) is 60.2 Å². The van der Waals surface area contributed by atoms with Gasteiger partial charge in [0.2, 0.25) is 0 Å². The molecule has 0 aromatic heterocycles. The van der Waals surface area contributed by atoms with Crippen LogP contribution < -0.4 is 5.46 Å². The molecule has 0 aliphatic carbocycles. The molecule has 1 fully saturated rings. The highest BCUT2D eigenvalue weighted by atomic mass is 19.1. The number of hydrogen-bond donors (Lipinski definition) is 2. The van der Waals surface area contributed by atoms with Crippen molar-refractivity contribution in [1.82, 2.24) is 9.80 Å². The first-order valence-corrected chi connectivity index (χ1v) is 6.91. The van der Waals surface area contributed by atoms with Gasteiger partial charge < -0.3 is 14.9 Å². The van der Waals surface area contributed by atoms with Crippen LogP contribution in [0.4, 0.5) is 4.39 Å². The Bertz CT molecular complexity index is 470. The van der Waals surface area contributed by atoms with Crippen molar-refractivity contribution in [2.45, 2.75) is 19.5 Å². The van der Waals surface area contributed by atoms with E-state index in [2.05, 4.69) is 30.8 Å². The second-order valence-electron chi connectivity index (χ2n) is 5.93. The Morgan fingerprint density at radius 3 is 2.55 bits per heavy atom. The van der Waals surface area contributed by atoms with Crippen molar-refractivity contribution >= 4 is 12.6 Å². The second-order valence-corrected chi connectivity index (χ2v) is 5.93. The van der Waals surface area contributed by atoms with E-state index in [-0.39, 0.29) is 11.3 Å². The van der Waals surface area contributed by atoms with Crippen LogP contribution in [0.5, 0.6) is 0 Å². The third-order valence-electron chi connectivity index (χ3n) is 4.08. The van der Waals surface area contributed by atoms with Gasteiger partial charge in [0.05, 0.1) is 0 Å². The van der Waals surface area contributed by atoms with E-state index in [4.69, 9.17) is 10.0 Å². The molecule has 6 heteroatoms. The molecule has 1 saturated heterocycles. The van der Waals surface area contributed by atoms with Gasteiger partial charge in [0.25, 0.3) is 0 Å². The predicted molar refractivity (Wildman–Crippen MR) is 78.1 cm³/mol. The first-order chi connectivity index (χ1) is 9.38. The summed E-state index contributed by atoms with van der Waals surface area (Å²) in [6.07, 6.45) is 0. The van der Waals surface area contributed by atoms with Crippen molar-refractivity contribution in [3.05, 3.63) is 29.6 Å². The van der Waals surface area contributed by atoms with Crippen LogP contribution in [0.15, 0.2) is 18.2 Å². The molecular weight excluding hydrogens is 258 g/mol. The monoisotopic (exact) mass is 280 g/mol. The van der Waals surface area contributed by atoms with Gasteiger partial charge in [-0.15, -0.1) is 0 Å². The average molecular weight is 280 g/mol. The molecular formula is C14H22BFN2O2. The van der Waals surface area contributed by atoms with E-state index in [1.807, 2.05) is 0 Å². The van der Waals surface area contributed by atoms with E-state index in [1.165, 1.54) is 6.07 Å². The number of rotatable bonds is 4. The van der Waals surface area contributed by atoms with Crippen LogP contribution >= 0.6 is 0 Å². The summed E-state index contributed by atoms with van der Waals surface area (Å²) in [4.78, 5) is 4.45. The number of likely N-dealkylation sites (N-methyl/N-ethyl adjacent to an activating group) is 1. The average Bonchev–Trinajstić information content (AvgIpc) is 2.73. The summed E-state index contributed by atoms with van der Waals surface area (Å²) in [6.45, 7) is 4.65. The van der Waals surface area contributed by atoms with Gasteiger partial charge in [-0.1, -0.05) is 19.1 Å². The highest BCUT2D eigenvalue weighted by Crippen LogP contribution is 2.22. The first kappa shape index (κ1) is 15.4. The lowest BCUT2D eigenvalue weighted by atomic mass is 9.80. The minimum absolute atomic E-state index is 0.187. The predicted octanol–water partition coefficient (Wildman–Crippen LogP) is -0.113. The van der Waals surface area contributed by atoms with Crippen LogP contribution in [0, 0.1) is 11.7 Å². The Hall–Kier alpha value is -0.945. The van der Waals surface area contributed by atoms with Crippen molar-refractivity contribution < 1.29 is 14.4 Å². The molecule has 110 valence electrons. The summed E-state index contributed by atoms with van der Waals surface area (Å²) in [6, 6.07) is 4.89. The lowest BCUT2D eigenvalue weighted by molar-refractivity contribution is 0.249. The van der Waals surface area contributed by atoms with Crippen molar-refractivity contribution in [3.8, 4) is 0 Å². The van der Waals surface area contributed by atoms with Crippen LogP contribution in [0.3, 0.4) is 0 Å². The summed E-state index contributed by atoms with van der Waals surface area (Å²) in [5, 5.41) is 18.1. The Labute approximate surface area is 120 Å². The summed E-state index contributed by atoms with van der Waals surface area (Å²) >= 11 is 0. The summed E-state index contributed by atoms with van der Waals surface area (Å²) in [5.74, 6) is 0.183. The summed E-state index contributed by atoms with van der Waals surface area (Å²) in [5.41, 5.74) is 0.785. The third kappa shape index (κ3) is 3.38. The number of hydrogen-bond acceptors (Lipinski definition) is 4. The zero-order valence-electron chi connectivity index (χ0n) is 12.3. The summed E-state index contributed by atoms with van der Waals surface area (Å²) < 4.78 is 14.0. The minimum Gasteiger partial charge on any atom is -0.423 e. The van der Waals surface area contributed by atoms with Crippen LogP contribution in [0.1, 0.15) is 12.5 Å². The van der Waals surface area contributed by atoms with Crippen molar-refractivity contribution in [1.29, 1.82) is 0 Å². The van der Waals surface area contributed by atoms with Crippen LogP contribution in [-0.2, 0) is 6.54 Å². The molecule has 2 unspecified atom stereocenters. The number of halogens is 1. The van der Waals surface area contributed by atoms with E-state index in [0.717, 1.165) is 13.1 Å². The van der Waals surface area contributed by atoms with Crippen LogP contribution in [0.2, 0.25) is 0 Å². The van der Waals surface area contributed by atoms with E-state index in [0.29, 0.717) is 24.1 Å². The molecule has 1 aliphatic rings. The van der Waals surface area contributed by atoms with E-state index in [1.54, 1.807) is 12.1 Å². The lowest BCUT2D eigenvalue weighted by Crippen LogP contribution is -2.34. The molecule has 0 saturated carbocycles. The molecule has 1 aromatic rings. The fraction of sp³-hybridized carbons (Fsp3) is 0.571. The topological polar surface area (TPSA) is 46.9 Å². The Kier molecular flexibility index (Phi) is 4.80. The van der Waals surface area contributed by atoms with Crippen LogP contribution in [0.25, 0.3) is 0 Å². The molecule has 2 N–H and O–H groups in total. The maximum atomic E-state index is 14.0. The highest BCUT2D eigenvalue weighted by molar-refractivity contribution is 6.58. The van der Waals surface area contributed by atoms with Gasteiger partial charge in [0.15, 0.2) is 0 Å². The van der Waals surface area contributed by atoms with Gasteiger partial charge in [-0.25, -0.2) is 4.39 Å². The Morgan fingerprint density at radius 1 is 1.35 bits per heavy atom. The minimum atomic E-state index is -1.62. The molecule has 4 nitrogen and oxygen atoms in total. The summed E-state index contributed by atoms with van der Waals surface area (Å²) in [7, 11) is 2.52. The van der Waals surface area contributed by atoms with Gasteiger partial charge in [0.1, 0.15) is 5.82 Å². The largest absolute Gasteiger partial charge is 0.488 e. The lowest BCUT2D eigenvalue weighted by Gasteiger charge is -2.22. The maximum Gasteiger partial charge on any atom is 0.488 e. The standard InChI is InChI=1S/C14H22BFN2O2/c1-10-7-18(9-14(10)17(2)3)8-11-4-5-12(15(19)20)6-13(11)16/h4-6,10,14,19-20H,7-9H2,1-3H3. The number of likely N-dealkylation sites (tertiary alicyclic amines) is 1.